The molecule has 5 atom stereocenters. The van der Waals surface area contributed by atoms with Crippen molar-refractivity contribution >= 4 is 8.32 Å². The zero-order valence-corrected chi connectivity index (χ0v) is 20.0. The van der Waals surface area contributed by atoms with E-state index in [4.69, 9.17) is 4.43 Å². The van der Waals surface area contributed by atoms with Crippen LogP contribution in [0.4, 0.5) is 0 Å². The fourth-order valence-corrected chi connectivity index (χ4v) is 9.70. The second-order valence-corrected chi connectivity index (χ2v) is 15.2. The van der Waals surface area contributed by atoms with Gasteiger partial charge in [-0.2, -0.15) is 0 Å². The van der Waals surface area contributed by atoms with Crippen LogP contribution in [0, 0.1) is 23.2 Å². The Morgan fingerprint density at radius 2 is 1.74 bits per heavy atom. The van der Waals surface area contributed by atoms with Crippen LogP contribution >= 0.6 is 0 Å². The lowest BCUT2D eigenvalue weighted by Crippen LogP contribution is -2.48. The van der Waals surface area contributed by atoms with Gasteiger partial charge in [0, 0.05) is 12.1 Å². The third-order valence-corrected chi connectivity index (χ3v) is 13.7. The van der Waals surface area contributed by atoms with Crippen LogP contribution in [0.1, 0.15) is 92.4 Å². The molecule has 0 aromatic rings. The summed E-state index contributed by atoms with van der Waals surface area (Å²) in [5, 5.41) is 3.71. The molecule has 2 nitrogen and oxygen atoms in total. The molecule has 3 heteroatoms. The van der Waals surface area contributed by atoms with E-state index in [-0.39, 0.29) is 0 Å². The normalized spacial score (nSPS) is 35.2. The zero-order valence-electron chi connectivity index (χ0n) is 19.0. The molecule has 3 aliphatic carbocycles. The van der Waals surface area contributed by atoms with Crippen molar-refractivity contribution in [2.24, 2.45) is 23.2 Å². The molecule has 1 N–H and O–H groups in total. The van der Waals surface area contributed by atoms with Crippen LogP contribution in [0.3, 0.4) is 0 Å². The van der Waals surface area contributed by atoms with Crippen molar-refractivity contribution in [3.05, 3.63) is 0 Å². The molecular formula is C24H47NOSi. The molecule has 0 heterocycles. The fourth-order valence-electron chi connectivity index (χ4n) is 6.78. The van der Waals surface area contributed by atoms with E-state index < -0.39 is 8.32 Å². The van der Waals surface area contributed by atoms with Crippen molar-refractivity contribution in [3.63, 3.8) is 0 Å². The van der Waals surface area contributed by atoms with Crippen LogP contribution in [0.5, 0.6) is 0 Å². The number of fused-ring (bicyclic) bond motifs is 1. The molecule has 0 aromatic heterocycles. The molecule has 158 valence electrons. The summed E-state index contributed by atoms with van der Waals surface area (Å²) >= 11 is 0. The van der Waals surface area contributed by atoms with Gasteiger partial charge in [-0.3, -0.25) is 0 Å². The van der Waals surface area contributed by atoms with Crippen LogP contribution in [0.15, 0.2) is 0 Å². The predicted octanol–water partition coefficient (Wildman–Crippen LogP) is 6.76. The maximum absolute atomic E-state index is 7.09. The van der Waals surface area contributed by atoms with Gasteiger partial charge in [0.1, 0.15) is 0 Å². The molecule has 3 fully saturated rings. The summed E-state index contributed by atoms with van der Waals surface area (Å²) in [7, 11) is -1.49. The van der Waals surface area contributed by atoms with E-state index in [1.54, 1.807) is 0 Å². The summed E-state index contributed by atoms with van der Waals surface area (Å²) in [6.07, 6.45) is 13.2. The maximum atomic E-state index is 7.09. The van der Waals surface area contributed by atoms with Gasteiger partial charge in [0.05, 0.1) is 0 Å². The molecule has 3 aliphatic rings. The third kappa shape index (κ3) is 4.83. The smallest absolute Gasteiger partial charge is 0.192 e. The monoisotopic (exact) mass is 393 g/mol. The van der Waals surface area contributed by atoms with E-state index in [1.165, 1.54) is 82.5 Å². The molecule has 0 radical (unpaired) electrons. The SMILES string of the molecule is CC[Si](CC)(CC)O[C@H]1CCC[C@]2(C)[C@@H]([C@H](C)CCCNC3CC3)CC[C@@H]12. The second kappa shape index (κ2) is 9.30. The molecular weight excluding hydrogens is 346 g/mol. The summed E-state index contributed by atoms with van der Waals surface area (Å²) in [6.45, 7) is 13.6. The van der Waals surface area contributed by atoms with Crippen molar-refractivity contribution in [1.82, 2.24) is 5.32 Å². The van der Waals surface area contributed by atoms with Gasteiger partial charge in [-0.05, 0) is 99.2 Å². The van der Waals surface area contributed by atoms with Crippen LogP contribution in [0.25, 0.3) is 0 Å². The fraction of sp³-hybridized carbons (Fsp3) is 1.00. The van der Waals surface area contributed by atoms with E-state index >= 15 is 0 Å². The largest absolute Gasteiger partial charge is 0.414 e. The Hall–Kier alpha value is 0.137. The minimum atomic E-state index is -1.49. The van der Waals surface area contributed by atoms with Gasteiger partial charge in [-0.15, -0.1) is 0 Å². The molecule has 0 unspecified atom stereocenters. The molecule has 0 bridgehead atoms. The van der Waals surface area contributed by atoms with E-state index in [0.29, 0.717) is 11.5 Å². The predicted molar refractivity (Wildman–Crippen MR) is 120 cm³/mol. The van der Waals surface area contributed by atoms with Gasteiger partial charge in [-0.1, -0.05) is 41.0 Å². The minimum absolute atomic E-state index is 0.543. The quantitative estimate of drug-likeness (QED) is 0.309. The highest BCUT2D eigenvalue weighted by atomic mass is 28.4. The number of hydrogen-bond acceptors (Lipinski definition) is 2. The van der Waals surface area contributed by atoms with Crippen LogP contribution in [0.2, 0.25) is 18.1 Å². The topological polar surface area (TPSA) is 21.3 Å². The Bertz CT molecular complexity index is 453. The molecule has 0 saturated heterocycles. The van der Waals surface area contributed by atoms with E-state index in [1.807, 2.05) is 0 Å². The second-order valence-electron chi connectivity index (χ2n) is 10.4. The van der Waals surface area contributed by atoms with Crippen molar-refractivity contribution in [2.75, 3.05) is 6.54 Å². The maximum Gasteiger partial charge on any atom is 0.192 e. The number of hydrogen-bond donors (Lipinski definition) is 1. The van der Waals surface area contributed by atoms with Gasteiger partial charge in [-0.25, -0.2) is 0 Å². The standard InChI is InChI=1S/C24H47NOSi/c1-6-27(7-2,8-3)26-23-12-9-17-24(5)21(15-16-22(23)24)19(4)11-10-18-25-20-13-14-20/h19-23,25H,6-18H2,1-5H3/t19-,21-,22+,23+,24-/m1/s1. The Balaban J connectivity index is 1.58. The van der Waals surface area contributed by atoms with E-state index in [9.17, 15) is 0 Å². The van der Waals surface area contributed by atoms with Crippen LogP contribution in [-0.4, -0.2) is 27.0 Å². The summed E-state index contributed by atoms with van der Waals surface area (Å²) in [6, 6.07) is 4.76. The lowest BCUT2D eigenvalue weighted by molar-refractivity contribution is -0.0203. The summed E-state index contributed by atoms with van der Waals surface area (Å²) in [4.78, 5) is 0. The molecule has 0 aromatic carbocycles. The highest BCUT2D eigenvalue weighted by molar-refractivity contribution is 6.73. The van der Waals surface area contributed by atoms with E-state index in [0.717, 1.165) is 23.8 Å². The Morgan fingerprint density at radius 1 is 1.04 bits per heavy atom. The lowest BCUT2D eigenvalue weighted by atomic mass is 9.61. The zero-order chi connectivity index (χ0) is 19.5. The first kappa shape index (κ1) is 21.8. The van der Waals surface area contributed by atoms with Gasteiger partial charge >= 0.3 is 0 Å². The average Bonchev–Trinajstić information content (AvgIpc) is 3.43. The van der Waals surface area contributed by atoms with Gasteiger partial charge in [0.2, 0.25) is 0 Å². The van der Waals surface area contributed by atoms with Crippen molar-refractivity contribution in [2.45, 2.75) is 123 Å². The van der Waals surface area contributed by atoms with Gasteiger partial charge in [0.25, 0.3) is 0 Å². The third-order valence-electron chi connectivity index (χ3n) is 9.00. The first-order chi connectivity index (χ1) is 13.0. The minimum Gasteiger partial charge on any atom is -0.414 e. The van der Waals surface area contributed by atoms with Gasteiger partial charge < -0.3 is 9.74 Å². The summed E-state index contributed by atoms with van der Waals surface area (Å²) in [5.41, 5.74) is 0.543. The van der Waals surface area contributed by atoms with Gasteiger partial charge in [0.15, 0.2) is 8.32 Å². The highest BCUT2D eigenvalue weighted by Crippen LogP contribution is 2.59. The number of nitrogens with one attached hydrogen (secondary N) is 1. The Labute approximate surface area is 170 Å². The van der Waals surface area contributed by atoms with Crippen molar-refractivity contribution in [1.29, 1.82) is 0 Å². The molecule has 0 aliphatic heterocycles. The molecule has 27 heavy (non-hydrogen) atoms. The molecule has 0 spiro atoms. The molecule has 0 amide bonds. The number of rotatable bonds is 11. The Kier molecular flexibility index (Phi) is 7.52. The lowest BCUT2D eigenvalue weighted by Gasteiger charge is -2.49. The van der Waals surface area contributed by atoms with E-state index in [2.05, 4.69) is 39.9 Å². The summed E-state index contributed by atoms with van der Waals surface area (Å²) < 4.78 is 7.09. The molecule has 3 rings (SSSR count). The molecule has 3 saturated carbocycles. The highest BCUT2D eigenvalue weighted by Gasteiger charge is 2.53. The average molecular weight is 394 g/mol. The van der Waals surface area contributed by atoms with Crippen LogP contribution < -0.4 is 5.32 Å². The van der Waals surface area contributed by atoms with Crippen LogP contribution in [-0.2, 0) is 4.43 Å². The van der Waals surface area contributed by atoms with Crippen molar-refractivity contribution < 1.29 is 4.43 Å². The first-order valence-electron chi connectivity index (χ1n) is 12.4. The Morgan fingerprint density at radius 3 is 2.37 bits per heavy atom. The first-order valence-corrected chi connectivity index (χ1v) is 14.9. The van der Waals surface area contributed by atoms with Crippen molar-refractivity contribution in [3.8, 4) is 0 Å². The summed E-state index contributed by atoms with van der Waals surface area (Å²) in [5.74, 6) is 2.64.